The molecule has 1 aliphatic heterocycles. The fourth-order valence-electron chi connectivity index (χ4n) is 2.70. The van der Waals surface area contributed by atoms with Gasteiger partial charge in [-0.15, -0.1) is 0 Å². The molecule has 0 aliphatic carbocycles. The standard InChI is InChI=1S/C15H15ClN6/c16-10-8-11-14(20-21-15(11)18-9-10)12-2-1-3-13(19-12)22-6-4-17-5-7-22/h1-3,8-9,17H,4-7H2,(H,18,20,21). The minimum absolute atomic E-state index is 0.591. The first kappa shape index (κ1) is 13.5. The van der Waals surface area contributed by atoms with Crippen molar-refractivity contribution in [3.05, 3.63) is 35.5 Å². The molecule has 7 heteroatoms. The maximum Gasteiger partial charge on any atom is 0.155 e. The van der Waals surface area contributed by atoms with E-state index in [1.54, 1.807) is 6.20 Å². The summed E-state index contributed by atoms with van der Waals surface area (Å²) in [6.07, 6.45) is 1.61. The van der Waals surface area contributed by atoms with Crippen molar-refractivity contribution in [2.45, 2.75) is 0 Å². The van der Waals surface area contributed by atoms with Gasteiger partial charge in [-0.25, -0.2) is 9.97 Å². The Morgan fingerprint density at radius 2 is 2.05 bits per heavy atom. The van der Waals surface area contributed by atoms with Gasteiger partial charge in [-0.2, -0.15) is 5.10 Å². The minimum atomic E-state index is 0.591. The molecule has 0 amide bonds. The molecule has 4 rings (SSSR count). The number of piperazine rings is 1. The summed E-state index contributed by atoms with van der Waals surface area (Å²) >= 11 is 6.05. The van der Waals surface area contributed by atoms with Crippen LogP contribution in [0.3, 0.4) is 0 Å². The Morgan fingerprint density at radius 1 is 1.18 bits per heavy atom. The molecule has 1 fully saturated rings. The maximum atomic E-state index is 6.05. The van der Waals surface area contributed by atoms with Crippen LogP contribution < -0.4 is 10.2 Å². The van der Waals surface area contributed by atoms with Crippen LogP contribution in [-0.2, 0) is 0 Å². The average molecular weight is 315 g/mol. The number of H-pyrrole nitrogens is 1. The van der Waals surface area contributed by atoms with Crippen LogP contribution in [0, 0.1) is 0 Å². The maximum absolute atomic E-state index is 6.05. The Kier molecular flexibility index (Phi) is 3.40. The molecule has 3 aromatic rings. The van der Waals surface area contributed by atoms with Gasteiger partial charge in [-0.1, -0.05) is 17.7 Å². The van der Waals surface area contributed by atoms with Crippen molar-refractivity contribution in [2.75, 3.05) is 31.1 Å². The number of hydrogen-bond donors (Lipinski definition) is 2. The lowest BCUT2D eigenvalue weighted by atomic mass is 10.2. The van der Waals surface area contributed by atoms with Crippen LogP contribution in [0.5, 0.6) is 0 Å². The van der Waals surface area contributed by atoms with Crippen LogP contribution in [0.15, 0.2) is 30.5 Å². The summed E-state index contributed by atoms with van der Waals surface area (Å²) in [5.74, 6) is 0.977. The normalized spacial score (nSPS) is 15.4. The van der Waals surface area contributed by atoms with Crippen LogP contribution in [0.25, 0.3) is 22.4 Å². The molecule has 4 heterocycles. The zero-order valence-electron chi connectivity index (χ0n) is 11.9. The van der Waals surface area contributed by atoms with Gasteiger partial charge in [-0.05, 0) is 18.2 Å². The smallest absolute Gasteiger partial charge is 0.155 e. The van der Waals surface area contributed by atoms with Crippen molar-refractivity contribution in [1.82, 2.24) is 25.5 Å². The van der Waals surface area contributed by atoms with Crippen LogP contribution >= 0.6 is 11.6 Å². The molecule has 0 unspecified atom stereocenters. The van der Waals surface area contributed by atoms with Crippen molar-refractivity contribution in [3.63, 3.8) is 0 Å². The molecular weight excluding hydrogens is 300 g/mol. The molecule has 2 N–H and O–H groups in total. The summed E-state index contributed by atoms with van der Waals surface area (Å²) in [4.78, 5) is 11.3. The van der Waals surface area contributed by atoms with Crippen LogP contribution in [0.2, 0.25) is 5.02 Å². The quantitative estimate of drug-likeness (QED) is 0.758. The molecule has 1 aliphatic rings. The topological polar surface area (TPSA) is 69.7 Å². The largest absolute Gasteiger partial charge is 0.354 e. The van der Waals surface area contributed by atoms with E-state index in [0.29, 0.717) is 10.7 Å². The average Bonchev–Trinajstić information content (AvgIpc) is 2.99. The van der Waals surface area contributed by atoms with Crippen molar-refractivity contribution in [1.29, 1.82) is 0 Å². The summed E-state index contributed by atoms with van der Waals surface area (Å²) in [6.45, 7) is 3.89. The second-order valence-corrected chi connectivity index (χ2v) is 5.68. The van der Waals surface area contributed by atoms with Gasteiger partial charge >= 0.3 is 0 Å². The first-order valence-corrected chi connectivity index (χ1v) is 7.62. The van der Waals surface area contributed by atoms with E-state index in [4.69, 9.17) is 16.6 Å². The molecule has 22 heavy (non-hydrogen) atoms. The van der Waals surface area contributed by atoms with Crippen molar-refractivity contribution in [2.24, 2.45) is 0 Å². The summed E-state index contributed by atoms with van der Waals surface area (Å²) in [6, 6.07) is 7.87. The summed E-state index contributed by atoms with van der Waals surface area (Å²) in [5, 5.41) is 12.1. The van der Waals surface area contributed by atoms with E-state index < -0.39 is 0 Å². The molecule has 0 aromatic carbocycles. The van der Waals surface area contributed by atoms with Gasteiger partial charge in [0.15, 0.2) is 5.65 Å². The number of nitrogens with zero attached hydrogens (tertiary/aromatic N) is 4. The van der Waals surface area contributed by atoms with Gasteiger partial charge in [0.2, 0.25) is 0 Å². The summed E-state index contributed by atoms with van der Waals surface area (Å²) < 4.78 is 0. The van der Waals surface area contributed by atoms with Gasteiger partial charge in [0, 0.05) is 37.8 Å². The number of anilines is 1. The molecule has 1 saturated heterocycles. The highest BCUT2D eigenvalue weighted by molar-refractivity contribution is 6.31. The highest BCUT2D eigenvalue weighted by Gasteiger charge is 2.15. The van der Waals surface area contributed by atoms with Crippen LogP contribution in [-0.4, -0.2) is 46.3 Å². The molecule has 0 atom stereocenters. The number of aromatic nitrogens is 4. The zero-order valence-corrected chi connectivity index (χ0v) is 12.6. The van der Waals surface area contributed by atoms with Gasteiger partial charge in [0.1, 0.15) is 11.5 Å². The number of nitrogens with one attached hydrogen (secondary N) is 2. The minimum Gasteiger partial charge on any atom is -0.354 e. The fraction of sp³-hybridized carbons (Fsp3) is 0.267. The highest BCUT2D eigenvalue weighted by Crippen LogP contribution is 2.27. The van der Waals surface area contributed by atoms with Crippen LogP contribution in [0.1, 0.15) is 0 Å². The Morgan fingerprint density at radius 3 is 2.91 bits per heavy atom. The van der Waals surface area contributed by atoms with E-state index >= 15 is 0 Å². The van der Waals surface area contributed by atoms with Crippen LogP contribution in [0.4, 0.5) is 5.82 Å². The lowest BCUT2D eigenvalue weighted by molar-refractivity contribution is 0.585. The Bertz CT molecular complexity index is 809. The third kappa shape index (κ3) is 2.40. The van der Waals surface area contributed by atoms with E-state index in [1.807, 2.05) is 24.3 Å². The second-order valence-electron chi connectivity index (χ2n) is 5.24. The first-order chi connectivity index (χ1) is 10.8. The first-order valence-electron chi connectivity index (χ1n) is 7.24. The lowest BCUT2D eigenvalue weighted by Crippen LogP contribution is -2.43. The van der Waals surface area contributed by atoms with Gasteiger partial charge in [-0.3, -0.25) is 5.10 Å². The predicted molar refractivity (Wildman–Crippen MR) is 87.2 cm³/mol. The Labute approximate surface area is 132 Å². The molecule has 6 nitrogen and oxygen atoms in total. The number of halogens is 1. The van der Waals surface area contributed by atoms with Gasteiger partial charge in [0.05, 0.1) is 10.7 Å². The molecule has 0 spiro atoms. The molecule has 0 saturated carbocycles. The van der Waals surface area contributed by atoms with Crippen molar-refractivity contribution < 1.29 is 0 Å². The SMILES string of the molecule is Clc1cnc2[nH]nc(-c3cccc(N4CCNCC4)n3)c2c1. The number of hydrogen-bond acceptors (Lipinski definition) is 5. The van der Waals surface area contributed by atoms with Crippen molar-refractivity contribution >= 4 is 28.5 Å². The number of aromatic amines is 1. The highest BCUT2D eigenvalue weighted by atomic mass is 35.5. The third-order valence-electron chi connectivity index (χ3n) is 3.80. The lowest BCUT2D eigenvalue weighted by Gasteiger charge is -2.28. The summed E-state index contributed by atoms with van der Waals surface area (Å²) in [5.41, 5.74) is 2.32. The van der Waals surface area contributed by atoms with Gasteiger partial charge < -0.3 is 10.2 Å². The summed E-state index contributed by atoms with van der Waals surface area (Å²) in [7, 11) is 0. The van der Waals surface area contributed by atoms with E-state index in [1.165, 1.54) is 0 Å². The number of rotatable bonds is 2. The molecule has 0 bridgehead atoms. The zero-order chi connectivity index (χ0) is 14.9. The second kappa shape index (κ2) is 5.55. The van der Waals surface area contributed by atoms with E-state index in [2.05, 4.69) is 25.4 Å². The number of pyridine rings is 2. The molecule has 0 radical (unpaired) electrons. The fourth-order valence-corrected chi connectivity index (χ4v) is 2.86. The molecular formula is C15H15ClN6. The Balaban J connectivity index is 1.76. The third-order valence-corrected chi connectivity index (χ3v) is 4.01. The molecule has 3 aromatic heterocycles. The number of fused-ring (bicyclic) bond motifs is 1. The predicted octanol–water partition coefficient (Wildman–Crippen LogP) is 2.08. The van der Waals surface area contributed by atoms with E-state index in [9.17, 15) is 0 Å². The van der Waals surface area contributed by atoms with E-state index in [-0.39, 0.29) is 0 Å². The van der Waals surface area contributed by atoms with Gasteiger partial charge in [0.25, 0.3) is 0 Å². The molecule has 112 valence electrons. The Hall–Kier alpha value is -2.18. The van der Waals surface area contributed by atoms with Crippen molar-refractivity contribution in [3.8, 4) is 11.4 Å². The van der Waals surface area contributed by atoms with E-state index in [0.717, 1.165) is 48.8 Å². The monoisotopic (exact) mass is 314 g/mol.